The summed E-state index contributed by atoms with van der Waals surface area (Å²) in [5.74, 6) is 0.687. The van der Waals surface area contributed by atoms with Crippen LogP contribution in [-0.4, -0.2) is 27.8 Å². The number of hydrogen-bond donors (Lipinski definition) is 1. The SMILES string of the molecule is COc1nn(C)cc1C(=O)NC(c1ccncc1)C1CC1. The summed E-state index contributed by atoms with van der Waals surface area (Å²) in [6.45, 7) is 0. The molecule has 0 saturated heterocycles. The van der Waals surface area contributed by atoms with Crippen molar-refractivity contribution in [2.24, 2.45) is 13.0 Å². The molecular formula is C15H18N4O2. The summed E-state index contributed by atoms with van der Waals surface area (Å²) in [5, 5.41) is 7.21. The number of nitrogens with zero attached hydrogens (tertiary/aromatic N) is 3. The fraction of sp³-hybridized carbons (Fsp3) is 0.400. The zero-order valence-electron chi connectivity index (χ0n) is 12.1. The van der Waals surface area contributed by atoms with Crippen LogP contribution in [0.3, 0.4) is 0 Å². The molecule has 0 radical (unpaired) electrons. The Balaban J connectivity index is 1.81. The summed E-state index contributed by atoms with van der Waals surface area (Å²) >= 11 is 0. The normalized spacial score (nSPS) is 15.5. The van der Waals surface area contributed by atoms with Gasteiger partial charge in [0.2, 0.25) is 5.88 Å². The molecule has 0 aromatic carbocycles. The van der Waals surface area contributed by atoms with E-state index >= 15 is 0 Å². The Morgan fingerprint density at radius 1 is 1.43 bits per heavy atom. The highest BCUT2D eigenvalue weighted by atomic mass is 16.5. The molecule has 2 aromatic rings. The van der Waals surface area contributed by atoms with Crippen LogP contribution in [-0.2, 0) is 7.05 Å². The smallest absolute Gasteiger partial charge is 0.258 e. The molecule has 0 aliphatic heterocycles. The Morgan fingerprint density at radius 3 is 2.76 bits per heavy atom. The lowest BCUT2D eigenvalue weighted by Crippen LogP contribution is -2.30. The van der Waals surface area contributed by atoms with Gasteiger partial charge >= 0.3 is 0 Å². The molecular weight excluding hydrogens is 268 g/mol. The highest BCUT2D eigenvalue weighted by molar-refractivity contribution is 5.96. The summed E-state index contributed by atoms with van der Waals surface area (Å²) in [6.07, 6.45) is 7.45. The van der Waals surface area contributed by atoms with E-state index < -0.39 is 0 Å². The molecule has 110 valence electrons. The number of carbonyl (C=O) groups is 1. The van der Waals surface area contributed by atoms with Gasteiger partial charge in [0.25, 0.3) is 5.91 Å². The maximum Gasteiger partial charge on any atom is 0.258 e. The van der Waals surface area contributed by atoms with Gasteiger partial charge in [0.1, 0.15) is 5.56 Å². The fourth-order valence-electron chi connectivity index (χ4n) is 2.47. The number of aromatic nitrogens is 3. The number of amides is 1. The molecule has 1 aliphatic rings. The molecule has 21 heavy (non-hydrogen) atoms. The standard InChI is InChI=1S/C15H18N4O2/c1-19-9-12(15(18-19)21-2)14(20)17-13(10-3-4-10)11-5-7-16-8-6-11/h5-10,13H,3-4H2,1-2H3,(H,17,20). The molecule has 1 N–H and O–H groups in total. The van der Waals surface area contributed by atoms with Crippen molar-refractivity contribution in [3.63, 3.8) is 0 Å². The molecule has 1 unspecified atom stereocenters. The first-order chi connectivity index (χ1) is 10.2. The molecule has 2 heterocycles. The second-order valence-electron chi connectivity index (χ2n) is 5.29. The average molecular weight is 286 g/mol. The van der Waals surface area contributed by atoms with E-state index in [1.54, 1.807) is 30.3 Å². The Morgan fingerprint density at radius 2 is 2.14 bits per heavy atom. The number of ether oxygens (including phenoxy) is 1. The lowest BCUT2D eigenvalue weighted by molar-refractivity contribution is 0.0928. The van der Waals surface area contributed by atoms with Gasteiger partial charge in [0.05, 0.1) is 13.2 Å². The fourth-order valence-corrected chi connectivity index (χ4v) is 2.47. The number of pyridine rings is 1. The molecule has 1 fully saturated rings. The van der Waals surface area contributed by atoms with Crippen molar-refractivity contribution in [3.8, 4) is 5.88 Å². The number of carbonyl (C=O) groups excluding carboxylic acids is 1. The molecule has 1 atom stereocenters. The third-order valence-corrected chi connectivity index (χ3v) is 3.68. The summed E-state index contributed by atoms with van der Waals surface area (Å²) in [4.78, 5) is 16.5. The summed E-state index contributed by atoms with van der Waals surface area (Å²) < 4.78 is 6.72. The van der Waals surface area contributed by atoms with E-state index in [0.717, 1.165) is 18.4 Å². The lowest BCUT2D eigenvalue weighted by atomic mass is 10.0. The van der Waals surface area contributed by atoms with Crippen molar-refractivity contribution in [1.29, 1.82) is 0 Å². The van der Waals surface area contributed by atoms with Gasteiger partial charge in [-0.25, -0.2) is 0 Å². The van der Waals surface area contributed by atoms with Crippen LogP contribution in [0, 0.1) is 5.92 Å². The van der Waals surface area contributed by atoms with E-state index in [1.807, 2.05) is 12.1 Å². The van der Waals surface area contributed by atoms with E-state index in [1.165, 1.54) is 7.11 Å². The van der Waals surface area contributed by atoms with Gasteiger partial charge in [-0.15, -0.1) is 5.10 Å². The van der Waals surface area contributed by atoms with Crippen LogP contribution in [0.5, 0.6) is 5.88 Å². The maximum atomic E-state index is 12.5. The Hall–Kier alpha value is -2.37. The van der Waals surface area contributed by atoms with Crippen molar-refractivity contribution in [1.82, 2.24) is 20.1 Å². The first-order valence-electron chi connectivity index (χ1n) is 6.97. The van der Waals surface area contributed by atoms with Crippen molar-refractivity contribution in [2.75, 3.05) is 7.11 Å². The van der Waals surface area contributed by atoms with Crippen molar-refractivity contribution < 1.29 is 9.53 Å². The molecule has 1 aliphatic carbocycles. The Bertz CT molecular complexity index is 634. The molecule has 6 heteroatoms. The quantitative estimate of drug-likeness (QED) is 0.908. The van der Waals surface area contributed by atoms with E-state index in [9.17, 15) is 4.79 Å². The predicted molar refractivity (Wildman–Crippen MR) is 76.9 cm³/mol. The summed E-state index contributed by atoms with van der Waals surface area (Å²) in [6, 6.07) is 3.92. The molecule has 0 bridgehead atoms. The largest absolute Gasteiger partial charge is 0.479 e. The van der Waals surface area contributed by atoms with Crippen LogP contribution in [0.4, 0.5) is 0 Å². The Labute approximate surface area is 123 Å². The third kappa shape index (κ3) is 2.89. The molecule has 6 nitrogen and oxygen atoms in total. The predicted octanol–water partition coefficient (Wildman–Crippen LogP) is 1.70. The first-order valence-corrected chi connectivity index (χ1v) is 6.97. The van der Waals surface area contributed by atoms with Crippen LogP contribution in [0.2, 0.25) is 0 Å². The van der Waals surface area contributed by atoms with Crippen molar-refractivity contribution in [3.05, 3.63) is 41.9 Å². The summed E-state index contributed by atoms with van der Waals surface area (Å²) in [7, 11) is 3.28. The zero-order chi connectivity index (χ0) is 14.8. The van der Waals surface area contributed by atoms with Gasteiger partial charge in [0.15, 0.2) is 0 Å². The van der Waals surface area contributed by atoms with E-state index in [-0.39, 0.29) is 11.9 Å². The number of aryl methyl sites for hydroxylation is 1. The second kappa shape index (κ2) is 5.55. The van der Waals surface area contributed by atoms with Crippen LogP contribution in [0.15, 0.2) is 30.7 Å². The van der Waals surface area contributed by atoms with Crippen molar-refractivity contribution >= 4 is 5.91 Å². The topological polar surface area (TPSA) is 69.0 Å². The highest BCUT2D eigenvalue weighted by Crippen LogP contribution is 2.41. The van der Waals surface area contributed by atoms with Gasteiger partial charge in [-0.2, -0.15) is 0 Å². The van der Waals surface area contributed by atoms with Crippen LogP contribution >= 0.6 is 0 Å². The molecule has 2 aromatic heterocycles. The summed E-state index contributed by atoms with van der Waals surface area (Å²) in [5.41, 5.74) is 1.54. The maximum absolute atomic E-state index is 12.5. The van der Waals surface area contributed by atoms with E-state index in [4.69, 9.17) is 4.74 Å². The van der Waals surface area contributed by atoms with Gasteiger partial charge in [0, 0.05) is 25.6 Å². The monoisotopic (exact) mass is 286 g/mol. The van der Waals surface area contributed by atoms with Crippen LogP contribution in [0.1, 0.15) is 34.8 Å². The molecule has 0 spiro atoms. The van der Waals surface area contributed by atoms with Crippen LogP contribution < -0.4 is 10.1 Å². The second-order valence-corrected chi connectivity index (χ2v) is 5.29. The first kappa shape index (κ1) is 13.6. The number of methoxy groups -OCH3 is 1. The van der Waals surface area contributed by atoms with Crippen LogP contribution in [0.25, 0.3) is 0 Å². The van der Waals surface area contributed by atoms with Crippen molar-refractivity contribution in [2.45, 2.75) is 18.9 Å². The van der Waals surface area contributed by atoms with Gasteiger partial charge < -0.3 is 10.1 Å². The minimum Gasteiger partial charge on any atom is -0.479 e. The minimum atomic E-state index is -0.159. The number of hydrogen-bond acceptors (Lipinski definition) is 4. The van der Waals surface area contributed by atoms with Gasteiger partial charge in [-0.05, 0) is 36.5 Å². The Kier molecular flexibility index (Phi) is 3.60. The molecule has 1 amide bonds. The number of rotatable bonds is 5. The highest BCUT2D eigenvalue weighted by Gasteiger charge is 2.34. The molecule has 1 saturated carbocycles. The minimum absolute atomic E-state index is 0.0189. The van der Waals surface area contributed by atoms with Gasteiger partial charge in [-0.3, -0.25) is 14.5 Å². The van der Waals surface area contributed by atoms with Gasteiger partial charge in [-0.1, -0.05) is 0 Å². The van der Waals surface area contributed by atoms with E-state index in [2.05, 4.69) is 15.4 Å². The molecule has 3 rings (SSSR count). The third-order valence-electron chi connectivity index (χ3n) is 3.68. The van der Waals surface area contributed by atoms with E-state index in [0.29, 0.717) is 17.4 Å². The lowest BCUT2D eigenvalue weighted by Gasteiger charge is -2.18. The zero-order valence-corrected chi connectivity index (χ0v) is 12.1. The average Bonchev–Trinajstić information content (AvgIpc) is 3.27. The number of nitrogens with one attached hydrogen (secondary N) is 1.